The molecule has 0 aliphatic carbocycles. The number of nitriles is 1. The highest BCUT2D eigenvalue weighted by molar-refractivity contribution is 8.01. The van der Waals surface area contributed by atoms with Crippen LogP contribution in [0.25, 0.3) is 0 Å². The van der Waals surface area contributed by atoms with Crippen LogP contribution in [0, 0.1) is 11.3 Å². The Morgan fingerprint density at radius 2 is 2.40 bits per heavy atom. The van der Waals surface area contributed by atoms with Crippen molar-refractivity contribution >= 4 is 28.2 Å². The van der Waals surface area contributed by atoms with Crippen molar-refractivity contribution in [1.29, 1.82) is 5.26 Å². The number of nitrogens with one attached hydrogen (secondary N) is 1. The summed E-state index contributed by atoms with van der Waals surface area (Å²) in [5.74, 6) is 0.940. The third-order valence-electron chi connectivity index (χ3n) is 1.59. The molecule has 6 heteroatoms. The summed E-state index contributed by atoms with van der Waals surface area (Å²) in [6.45, 7) is 3.05. The molecular formula is C9H14N4S2. The Bertz CT molecular complexity index is 318. The van der Waals surface area contributed by atoms with Gasteiger partial charge in [-0.05, 0) is 12.8 Å². The molecule has 0 aliphatic heterocycles. The van der Waals surface area contributed by atoms with Crippen LogP contribution in [0.1, 0.15) is 26.2 Å². The van der Waals surface area contributed by atoms with E-state index in [1.54, 1.807) is 23.1 Å². The third kappa shape index (κ3) is 5.00. The molecule has 0 saturated carbocycles. The van der Waals surface area contributed by atoms with Crippen molar-refractivity contribution in [3.63, 3.8) is 0 Å². The van der Waals surface area contributed by atoms with Gasteiger partial charge in [-0.25, -0.2) is 0 Å². The summed E-state index contributed by atoms with van der Waals surface area (Å²) in [7, 11) is 0. The van der Waals surface area contributed by atoms with E-state index in [-0.39, 0.29) is 0 Å². The first-order valence-electron chi connectivity index (χ1n) is 4.94. The number of thioether (sulfide) groups is 1. The van der Waals surface area contributed by atoms with E-state index in [0.717, 1.165) is 34.6 Å². The van der Waals surface area contributed by atoms with Crippen LogP contribution in [0.4, 0.5) is 5.13 Å². The predicted molar refractivity (Wildman–Crippen MR) is 64.3 cm³/mol. The quantitative estimate of drug-likeness (QED) is 0.588. The molecule has 1 rings (SSSR count). The SMILES string of the molecule is CCCNc1nnc(SCCCC#N)s1. The van der Waals surface area contributed by atoms with E-state index in [9.17, 15) is 0 Å². The Balaban J connectivity index is 2.24. The Hall–Kier alpha value is -0.800. The standard InChI is InChI=1S/C9H14N4S2/c1-2-6-11-8-12-13-9(15-8)14-7-4-3-5-10/h2-4,6-7H2,1H3,(H,11,12). The van der Waals surface area contributed by atoms with Gasteiger partial charge in [0.15, 0.2) is 4.34 Å². The average Bonchev–Trinajstić information content (AvgIpc) is 2.69. The topological polar surface area (TPSA) is 61.6 Å². The maximum atomic E-state index is 8.37. The summed E-state index contributed by atoms with van der Waals surface area (Å²) in [4.78, 5) is 0. The van der Waals surface area contributed by atoms with Gasteiger partial charge in [0, 0.05) is 18.7 Å². The number of anilines is 1. The van der Waals surface area contributed by atoms with Gasteiger partial charge in [0.05, 0.1) is 6.07 Å². The molecule has 1 heterocycles. The van der Waals surface area contributed by atoms with Crippen molar-refractivity contribution in [2.45, 2.75) is 30.5 Å². The smallest absolute Gasteiger partial charge is 0.206 e. The van der Waals surface area contributed by atoms with E-state index in [2.05, 4.69) is 28.5 Å². The van der Waals surface area contributed by atoms with Gasteiger partial charge in [0.1, 0.15) is 0 Å². The van der Waals surface area contributed by atoms with E-state index in [4.69, 9.17) is 5.26 Å². The first-order chi connectivity index (χ1) is 7.36. The molecule has 0 radical (unpaired) electrons. The highest BCUT2D eigenvalue weighted by Gasteiger charge is 2.03. The summed E-state index contributed by atoms with van der Waals surface area (Å²) in [6.07, 6.45) is 2.62. The molecule has 0 saturated heterocycles. The maximum Gasteiger partial charge on any atom is 0.206 e. The first kappa shape index (κ1) is 12.3. The van der Waals surface area contributed by atoms with Crippen LogP contribution < -0.4 is 5.32 Å². The Morgan fingerprint density at radius 1 is 1.53 bits per heavy atom. The third-order valence-corrected chi connectivity index (χ3v) is 3.69. The van der Waals surface area contributed by atoms with Crippen molar-refractivity contribution in [3.8, 4) is 6.07 Å². The van der Waals surface area contributed by atoms with Crippen LogP contribution in [0.15, 0.2) is 4.34 Å². The van der Waals surface area contributed by atoms with Gasteiger partial charge in [-0.1, -0.05) is 30.0 Å². The van der Waals surface area contributed by atoms with Crippen LogP contribution in [0.5, 0.6) is 0 Å². The molecule has 4 nitrogen and oxygen atoms in total. The Kier molecular flexibility index (Phi) is 6.12. The molecule has 1 N–H and O–H groups in total. The fourth-order valence-electron chi connectivity index (χ4n) is 0.882. The van der Waals surface area contributed by atoms with Crippen LogP contribution in [0.2, 0.25) is 0 Å². The summed E-state index contributed by atoms with van der Waals surface area (Å²) in [6, 6.07) is 2.13. The largest absolute Gasteiger partial charge is 0.360 e. The van der Waals surface area contributed by atoms with Gasteiger partial charge < -0.3 is 5.32 Å². The van der Waals surface area contributed by atoms with Crippen molar-refractivity contribution in [1.82, 2.24) is 10.2 Å². The van der Waals surface area contributed by atoms with Crippen LogP contribution in [-0.2, 0) is 0 Å². The van der Waals surface area contributed by atoms with Gasteiger partial charge in [-0.2, -0.15) is 5.26 Å². The minimum absolute atomic E-state index is 0.618. The van der Waals surface area contributed by atoms with E-state index in [1.165, 1.54) is 0 Å². The molecular weight excluding hydrogens is 228 g/mol. The lowest BCUT2D eigenvalue weighted by molar-refractivity contribution is 0.948. The number of rotatable bonds is 7. The summed E-state index contributed by atoms with van der Waals surface area (Å²) in [5.41, 5.74) is 0. The van der Waals surface area contributed by atoms with E-state index in [1.807, 2.05) is 0 Å². The Morgan fingerprint density at radius 3 is 3.13 bits per heavy atom. The monoisotopic (exact) mass is 242 g/mol. The Labute approximate surface area is 98.1 Å². The summed E-state index contributed by atoms with van der Waals surface area (Å²) < 4.78 is 0.978. The zero-order chi connectivity index (χ0) is 10.9. The maximum absolute atomic E-state index is 8.37. The molecule has 0 fully saturated rings. The lowest BCUT2D eigenvalue weighted by Gasteiger charge is -1.95. The van der Waals surface area contributed by atoms with Crippen LogP contribution in [0.3, 0.4) is 0 Å². The fourth-order valence-corrected chi connectivity index (χ4v) is 2.67. The van der Waals surface area contributed by atoms with Crippen LogP contribution >= 0.6 is 23.1 Å². The molecule has 0 amide bonds. The highest BCUT2D eigenvalue weighted by atomic mass is 32.2. The molecule has 0 bridgehead atoms. The highest BCUT2D eigenvalue weighted by Crippen LogP contribution is 2.25. The molecule has 1 aromatic rings. The van der Waals surface area contributed by atoms with Gasteiger partial charge in [0.25, 0.3) is 0 Å². The predicted octanol–water partition coefficient (Wildman–Crippen LogP) is 2.76. The van der Waals surface area contributed by atoms with Gasteiger partial charge in [-0.3, -0.25) is 0 Å². The number of unbranched alkanes of at least 4 members (excludes halogenated alkanes) is 1. The van der Waals surface area contributed by atoms with Gasteiger partial charge in [0.2, 0.25) is 5.13 Å². The molecule has 1 aromatic heterocycles. The van der Waals surface area contributed by atoms with Crippen molar-refractivity contribution in [2.24, 2.45) is 0 Å². The molecule has 82 valence electrons. The van der Waals surface area contributed by atoms with Gasteiger partial charge >= 0.3 is 0 Å². The van der Waals surface area contributed by atoms with E-state index >= 15 is 0 Å². The summed E-state index contributed by atoms with van der Waals surface area (Å²) in [5, 5.41) is 20.5. The lowest BCUT2D eigenvalue weighted by atomic mass is 10.4. The van der Waals surface area contributed by atoms with Crippen LogP contribution in [-0.4, -0.2) is 22.5 Å². The van der Waals surface area contributed by atoms with E-state index in [0.29, 0.717) is 6.42 Å². The van der Waals surface area contributed by atoms with Gasteiger partial charge in [-0.15, -0.1) is 10.2 Å². The van der Waals surface area contributed by atoms with Crippen molar-refractivity contribution < 1.29 is 0 Å². The lowest BCUT2D eigenvalue weighted by Crippen LogP contribution is -1.98. The van der Waals surface area contributed by atoms with E-state index < -0.39 is 0 Å². The second-order valence-electron chi connectivity index (χ2n) is 2.91. The summed E-state index contributed by atoms with van der Waals surface area (Å²) >= 11 is 3.25. The second-order valence-corrected chi connectivity index (χ2v) is 5.23. The van der Waals surface area contributed by atoms with Crippen molar-refractivity contribution in [3.05, 3.63) is 0 Å². The normalized spacial score (nSPS) is 9.87. The molecule has 15 heavy (non-hydrogen) atoms. The number of aromatic nitrogens is 2. The minimum atomic E-state index is 0.618. The number of nitrogens with zero attached hydrogens (tertiary/aromatic N) is 3. The molecule has 0 spiro atoms. The average molecular weight is 242 g/mol. The second kappa shape index (κ2) is 7.49. The molecule has 0 aromatic carbocycles. The zero-order valence-corrected chi connectivity index (χ0v) is 10.3. The van der Waals surface area contributed by atoms with Crippen molar-refractivity contribution in [2.75, 3.05) is 17.6 Å². The fraction of sp³-hybridized carbons (Fsp3) is 0.667. The minimum Gasteiger partial charge on any atom is -0.360 e. The number of hydrogen-bond acceptors (Lipinski definition) is 6. The molecule has 0 unspecified atom stereocenters. The molecule has 0 aliphatic rings. The molecule has 0 atom stereocenters. The first-order valence-corrected chi connectivity index (χ1v) is 6.74. The zero-order valence-electron chi connectivity index (χ0n) is 8.69. The number of hydrogen-bond donors (Lipinski definition) is 1.